The van der Waals surface area contributed by atoms with Crippen molar-refractivity contribution in [1.29, 1.82) is 5.41 Å². The molecule has 10 nitrogen and oxygen atoms in total. The second-order valence-electron chi connectivity index (χ2n) is 8.78. The molecule has 1 fully saturated rings. The summed E-state index contributed by atoms with van der Waals surface area (Å²) in [5, 5.41) is 11.6. The van der Waals surface area contributed by atoms with E-state index in [4.69, 9.17) is 5.41 Å². The van der Waals surface area contributed by atoms with E-state index in [1.54, 1.807) is 0 Å². The van der Waals surface area contributed by atoms with Gasteiger partial charge in [0.25, 0.3) is 15.2 Å². The quantitative estimate of drug-likeness (QED) is 0.584. The lowest BCUT2D eigenvalue weighted by Crippen LogP contribution is -2.38. The molecule has 0 amide bonds. The second-order valence-corrected chi connectivity index (χ2v) is 12.6. The van der Waals surface area contributed by atoms with E-state index in [-0.39, 0.29) is 23.7 Å². The summed E-state index contributed by atoms with van der Waals surface area (Å²) >= 11 is 0. The minimum absolute atomic E-state index is 0.0263. The van der Waals surface area contributed by atoms with Gasteiger partial charge in [-0.05, 0) is 29.4 Å². The molecule has 3 rings (SSSR count). The van der Waals surface area contributed by atoms with Crippen LogP contribution < -0.4 is 0 Å². The zero-order valence-corrected chi connectivity index (χ0v) is 19.9. The van der Waals surface area contributed by atoms with Crippen LogP contribution >= 0.6 is 0 Å². The predicted octanol–water partition coefficient (Wildman–Crippen LogP) is 1.45. The Labute approximate surface area is 183 Å². The van der Waals surface area contributed by atoms with E-state index < -0.39 is 25.4 Å². The molecule has 1 heterocycles. The van der Waals surface area contributed by atoms with Crippen molar-refractivity contribution in [1.82, 2.24) is 22.8 Å². The van der Waals surface area contributed by atoms with E-state index in [2.05, 4.69) is 30.9 Å². The molecule has 1 aromatic carbocycles. The monoisotopic (exact) mass is 468 g/mol. The number of aromatic nitrogens is 3. The first-order chi connectivity index (χ1) is 14.2. The molecule has 0 radical (unpaired) electrons. The standard InChI is InChI=1S/C19H28N6O4S2/c1-19(2,3)15-8-6-14(7-9-15)17(20)12-24(16-10-11-16)30(26,27)18-21-13-25(22-18)31(28,29)23(4)5/h6-9,13,16,20H,10-12H2,1-5H3. The summed E-state index contributed by atoms with van der Waals surface area (Å²) < 4.78 is 53.3. The number of nitrogens with one attached hydrogen (secondary N) is 1. The average molecular weight is 469 g/mol. The third-order valence-electron chi connectivity index (χ3n) is 5.06. The van der Waals surface area contributed by atoms with E-state index >= 15 is 0 Å². The highest BCUT2D eigenvalue weighted by molar-refractivity contribution is 7.89. The summed E-state index contributed by atoms with van der Waals surface area (Å²) in [5.41, 5.74) is 1.87. The molecule has 0 unspecified atom stereocenters. The molecule has 170 valence electrons. The fourth-order valence-electron chi connectivity index (χ4n) is 2.93. The molecule has 2 aromatic rings. The third-order valence-corrected chi connectivity index (χ3v) is 8.32. The fraction of sp³-hybridized carbons (Fsp3) is 0.526. The molecule has 0 aliphatic heterocycles. The SMILES string of the molecule is CN(C)S(=O)(=O)n1cnc(S(=O)(=O)N(CC(=N)c2ccc(C(C)(C)C)cc2)C2CC2)n1. The Bertz CT molecular complexity index is 1170. The largest absolute Gasteiger partial charge is 0.323 e. The highest BCUT2D eigenvalue weighted by atomic mass is 32.2. The van der Waals surface area contributed by atoms with Gasteiger partial charge in [-0.1, -0.05) is 45.0 Å². The molecule has 1 saturated carbocycles. The van der Waals surface area contributed by atoms with Crippen molar-refractivity contribution in [3.05, 3.63) is 41.7 Å². The van der Waals surface area contributed by atoms with Crippen LogP contribution in [0, 0.1) is 5.41 Å². The molecule has 1 aromatic heterocycles. The van der Waals surface area contributed by atoms with Gasteiger partial charge in [0.1, 0.15) is 6.33 Å². The molecule has 31 heavy (non-hydrogen) atoms. The first-order valence-corrected chi connectivity index (χ1v) is 12.6. The fourth-order valence-corrected chi connectivity index (χ4v) is 5.14. The molecule has 12 heteroatoms. The lowest BCUT2D eigenvalue weighted by molar-refractivity contribution is 0.437. The zero-order chi connectivity index (χ0) is 23.2. The molecule has 0 atom stereocenters. The maximum Gasteiger partial charge on any atom is 0.323 e. The number of hydrogen-bond acceptors (Lipinski definition) is 7. The predicted molar refractivity (Wildman–Crippen MR) is 117 cm³/mol. The summed E-state index contributed by atoms with van der Waals surface area (Å²) in [5.74, 6) is 0. The van der Waals surface area contributed by atoms with Gasteiger partial charge >= 0.3 is 10.2 Å². The maximum absolute atomic E-state index is 13.2. The lowest BCUT2D eigenvalue weighted by atomic mass is 9.86. The molecule has 1 aliphatic rings. The molecule has 1 aliphatic carbocycles. The van der Waals surface area contributed by atoms with Crippen molar-refractivity contribution in [2.45, 2.75) is 50.2 Å². The zero-order valence-electron chi connectivity index (χ0n) is 18.3. The molecular weight excluding hydrogens is 440 g/mol. The van der Waals surface area contributed by atoms with Gasteiger partial charge in [-0.25, -0.2) is 13.4 Å². The molecule has 0 saturated heterocycles. The Morgan fingerprint density at radius 1 is 1.13 bits per heavy atom. The van der Waals surface area contributed by atoms with Crippen molar-refractivity contribution in [2.75, 3.05) is 20.6 Å². The van der Waals surface area contributed by atoms with E-state index in [9.17, 15) is 16.8 Å². The lowest BCUT2D eigenvalue weighted by Gasteiger charge is -2.22. The van der Waals surface area contributed by atoms with Gasteiger partial charge in [0, 0.05) is 20.1 Å². The molecule has 0 spiro atoms. The first-order valence-electron chi connectivity index (χ1n) is 9.79. The van der Waals surface area contributed by atoms with Crippen molar-refractivity contribution >= 4 is 25.9 Å². The summed E-state index contributed by atoms with van der Waals surface area (Å²) in [6, 6.07) is 7.26. The van der Waals surface area contributed by atoms with Crippen LogP contribution in [0.15, 0.2) is 35.7 Å². The van der Waals surface area contributed by atoms with Crippen LogP contribution in [0.2, 0.25) is 0 Å². The summed E-state index contributed by atoms with van der Waals surface area (Å²) in [7, 11) is -5.52. The Morgan fingerprint density at radius 2 is 1.71 bits per heavy atom. The minimum Gasteiger partial charge on any atom is -0.303 e. The third kappa shape index (κ3) is 4.86. The minimum atomic E-state index is -4.17. The van der Waals surface area contributed by atoms with Crippen LogP contribution in [0.1, 0.15) is 44.7 Å². The molecular formula is C19H28N6O4S2. The van der Waals surface area contributed by atoms with Crippen LogP contribution in [0.25, 0.3) is 0 Å². The Balaban J connectivity index is 1.85. The highest BCUT2D eigenvalue weighted by Gasteiger charge is 2.41. The number of benzene rings is 1. The van der Waals surface area contributed by atoms with Crippen molar-refractivity contribution in [3.63, 3.8) is 0 Å². The first kappa shape index (κ1) is 23.5. The van der Waals surface area contributed by atoms with Crippen LogP contribution in [0.5, 0.6) is 0 Å². The van der Waals surface area contributed by atoms with Crippen LogP contribution in [0.4, 0.5) is 0 Å². The normalized spacial score (nSPS) is 15.6. The number of sulfonamides is 1. The molecule has 1 N–H and O–H groups in total. The Kier molecular flexibility index (Phi) is 6.13. The van der Waals surface area contributed by atoms with Crippen molar-refractivity contribution < 1.29 is 16.8 Å². The van der Waals surface area contributed by atoms with Crippen LogP contribution in [-0.4, -0.2) is 72.0 Å². The second kappa shape index (κ2) is 8.08. The van der Waals surface area contributed by atoms with Crippen LogP contribution in [-0.2, 0) is 25.6 Å². The molecule has 0 bridgehead atoms. The maximum atomic E-state index is 13.2. The van der Waals surface area contributed by atoms with Gasteiger partial charge in [0.2, 0.25) is 0 Å². The number of rotatable bonds is 8. The van der Waals surface area contributed by atoms with E-state index in [1.807, 2.05) is 24.3 Å². The average Bonchev–Trinajstić information content (AvgIpc) is 3.38. The van der Waals surface area contributed by atoms with E-state index in [0.717, 1.165) is 16.2 Å². The Morgan fingerprint density at radius 3 is 2.19 bits per heavy atom. The smallest absolute Gasteiger partial charge is 0.303 e. The van der Waals surface area contributed by atoms with E-state index in [0.29, 0.717) is 22.5 Å². The van der Waals surface area contributed by atoms with E-state index in [1.165, 1.54) is 18.4 Å². The summed E-state index contributed by atoms with van der Waals surface area (Å²) in [6.07, 6.45) is 2.21. The highest BCUT2D eigenvalue weighted by Crippen LogP contribution is 2.31. The van der Waals surface area contributed by atoms with Gasteiger partial charge in [-0.2, -0.15) is 17.0 Å². The van der Waals surface area contributed by atoms with Crippen molar-refractivity contribution in [3.8, 4) is 0 Å². The van der Waals surface area contributed by atoms with Gasteiger partial charge in [0.15, 0.2) is 0 Å². The summed E-state index contributed by atoms with van der Waals surface area (Å²) in [4.78, 5) is 3.73. The number of nitrogens with zero attached hydrogens (tertiary/aromatic N) is 5. The van der Waals surface area contributed by atoms with Gasteiger partial charge < -0.3 is 5.41 Å². The van der Waals surface area contributed by atoms with Crippen molar-refractivity contribution in [2.24, 2.45) is 0 Å². The Hall–Kier alpha value is -2.15. The van der Waals surface area contributed by atoms with Crippen LogP contribution in [0.3, 0.4) is 0 Å². The van der Waals surface area contributed by atoms with Gasteiger partial charge in [-0.3, -0.25) is 0 Å². The van der Waals surface area contributed by atoms with Gasteiger partial charge in [-0.15, -0.1) is 9.19 Å². The number of hydrogen-bond donors (Lipinski definition) is 1. The topological polar surface area (TPSA) is 129 Å². The summed E-state index contributed by atoms with van der Waals surface area (Å²) in [6.45, 7) is 6.14. The van der Waals surface area contributed by atoms with Gasteiger partial charge in [0.05, 0.1) is 12.3 Å².